The van der Waals surface area contributed by atoms with Crippen LogP contribution in [0.1, 0.15) is 30.3 Å². The summed E-state index contributed by atoms with van der Waals surface area (Å²) >= 11 is 3.43. The van der Waals surface area contributed by atoms with Gasteiger partial charge in [0.25, 0.3) is 0 Å². The van der Waals surface area contributed by atoms with Crippen molar-refractivity contribution in [3.63, 3.8) is 0 Å². The minimum absolute atomic E-state index is 0.145. The lowest BCUT2D eigenvalue weighted by Crippen LogP contribution is -2.14. The molecule has 2 N–H and O–H groups in total. The molecule has 0 saturated heterocycles. The van der Waals surface area contributed by atoms with Gasteiger partial charge in [0.2, 0.25) is 0 Å². The van der Waals surface area contributed by atoms with Crippen LogP contribution in [0.15, 0.2) is 16.6 Å². The van der Waals surface area contributed by atoms with Crippen LogP contribution in [0.4, 0.5) is 0 Å². The number of aryl methyl sites for hydroxylation is 1. The number of aromatic nitrogens is 1. The molecule has 13 heavy (non-hydrogen) atoms. The molecular formula is C10H13BrN2. The van der Waals surface area contributed by atoms with E-state index in [1.165, 1.54) is 12.8 Å². The van der Waals surface area contributed by atoms with Gasteiger partial charge in [-0.3, -0.25) is 4.98 Å². The van der Waals surface area contributed by atoms with Crippen LogP contribution in [0.2, 0.25) is 0 Å². The van der Waals surface area contributed by atoms with Gasteiger partial charge in [-0.05, 0) is 53.7 Å². The predicted molar refractivity (Wildman–Crippen MR) is 56.3 cm³/mol. The van der Waals surface area contributed by atoms with Gasteiger partial charge >= 0.3 is 0 Å². The zero-order valence-electron chi connectivity index (χ0n) is 7.63. The Morgan fingerprint density at radius 2 is 2.23 bits per heavy atom. The van der Waals surface area contributed by atoms with Gasteiger partial charge in [0.15, 0.2) is 0 Å². The Hall–Kier alpha value is -0.410. The van der Waals surface area contributed by atoms with Gasteiger partial charge in [-0.1, -0.05) is 0 Å². The quantitative estimate of drug-likeness (QED) is 0.864. The van der Waals surface area contributed by atoms with Crippen LogP contribution < -0.4 is 5.73 Å². The average molecular weight is 241 g/mol. The molecule has 1 aromatic heterocycles. The van der Waals surface area contributed by atoms with Crippen molar-refractivity contribution in [1.82, 2.24) is 4.98 Å². The van der Waals surface area contributed by atoms with E-state index >= 15 is 0 Å². The van der Waals surface area contributed by atoms with E-state index in [1.54, 1.807) is 0 Å². The van der Waals surface area contributed by atoms with E-state index in [2.05, 4.69) is 20.9 Å². The first-order valence-corrected chi connectivity index (χ1v) is 5.36. The van der Waals surface area contributed by atoms with Crippen LogP contribution in [-0.4, -0.2) is 4.98 Å². The molecule has 0 radical (unpaired) electrons. The molecule has 1 fully saturated rings. The summed E-state index contributed by atoms with van der Waals surface area (Å²) in [5.41, 5.74) is 8.09. The number of nitrogens with zero attached hydrogens (tertiary/aromatic N) is 1. The first kappa shape index (κ1) is 9.16. The second kappa shape index (κ2) is 3.39. The minimum Gasteiger partial charge on any atom is -0.322 e. The highest BCUT2D eigenvalue weighted by Crippen LogP contribution is 2.39. The third-order valence-electron chi connectivity index (χ3n) is 2.51. The number of pyridine rings is 1. The smallest absolute Gasteiger partial charge is 0.0577 e. The third-order valence-corrected chi connectivity index (χ3v) is 3.35. The van der Waals surface area contributed by atoms with Crippen molar-refractivity contribution < 1.29 is 0 Å². The monoisotopic (exact) mass is 240 g/mol. The summed E-state index contributed by atoms with van der Waals surface area (Å²) in [5.74, 6) is 0.674. The van der Waals surface area contributed by atoms with Gasteiger partial charge in [0, 0.05) is 10.5 Å². The van der Waals surface area contributed by atoms with Crippen LogP contribution in [0.3, 0.4) is 0 Å². The van der Waals surface area contributed by atoms with E-state index in [4.69, 9.17) is 5.73 Å². The van der Waals surface area contributed by atoms with Gasteiger partial charge < -0.3 is 5.73 Å². The van der Waals surface area contributed by atoms with Crippen LogP contribution in [-0.2, 0) is 0 Å². The van der Waals surface area contributed by atoms with Crippen LogP contribution >= 0.6 is 15.9 Å². The molecule has 2 nitrogen and oxygen atoms in total. The first-order chi connectivity index (χ1) is 6.18. The molecule has 3 heteroatoms. The summed E-state index contributed by atoms with van der Waals surface area (Å²) in [7, 11) is 0. The molecule has 0 spiro atoms. The molecule has 0 amide bonds. The second-order valence-corrected chi connectivity index (χ2v) is 4.52. The highest BCUT2D eigenvalue weighted by Gasteiger charge is 2.30. The SMILES string of the molecule is Cc1nc(C(N)C2CC2)ccc1Br. The molecule has 0 bridgehead atoms. The van der Waals surface area contributed by atoms with Crippen molar-refractivity contribution in [1.29, 1.82) is 0 Å². The normalized spacial score (nSPS) is 18.7. The maximum atomic E-state index is 6.04. The van der Waals surface area contributed by atoms with Gasteiger partial charge in [-0.15, -0.1) is 0 Å². The summed E-state index contributed by atoms with van der Waals surface area (Å²) in [6, 6.07) is 4.19. The Morgan fingerprint density at radius 1 is 1.54 bits per heavy atom. The Labute approximate surface area is 86.7 Å². The fourth-order valence-electron chi connectivity index (χ4n) is 1.45. The van der Waals surface area contributed by atoms with Crippen molar-refractivity contribution in [3.05, 3.63) is 28.0 Å². The molecule has 1 aliphatic rings. The maximum Gasteiger partial charge on any atom is 0.0577 e. The highest BCUT2D eigenvalue weighted by atomic mass is 79.9. The predicted octanol–water partition coefficient (Wildman–Crippen LogP) is 2.56. The van der Waals surface area contributed by atoms with E-state index in [0.29, 0.717) is 5.92 Å². The van der Waals surface area contributed by atoms with Crippen LogP contribution in [0.5, 0.6) is 0 Å². The van der Waals surface area contributed by atoms with Gasteiger partial charge in [0.05, 0.1) is 11.4 Å². The summed E-state index contributed by atoms with van der Waals surface area (Å²) in [5, 5.41) is 0. The second-order valence-electron chi connectivity index (χ2n) is 3.67. The number of halogens is 1. The fourth-order valence-corrected chi connectivity index (χ4v) is 1.67. The van der Waals surface area contributed by atoms with E-state index in [1.807, 2.05) is 19.1 Å². The van der Waals surface area contributed by atoms with Crippen LogP contribution in [0.25, 0.3) is 0 Å². The first-order valence-electron chi connectivity index (χ1n) is 4.57. The number of hydrogen-bond donors (Lipinski definition) is 1. The van der Waals surface area contributed by atoms with Crippen molar-refractivity contribution in [2.45, 2.75) is 25.8 Å². The van der Waals surface area contributed by atoms with E-state index in [9.17, 15) is 0 Å². The summed E-state index contributed by atoms with van der Waals surface area (Å²) < 4.78 is 1.05. The lowest BCUT2D eigenvalue weighted by atomic mass is 10.1. The zero-order chi connectivity index (χ0) is 9.42. The van der Waals surface area contributed by atoms with Crippen molar-refractivity contribution in [2.24, 2.45) is 11.7 Å². The fraction of sp³-hybridized carbons (Fsp3) is 0.500. The molecule has 0 aliphatic heterocycles. The van der Waals surface area contributed by atoms with Crippen molar-refractivity contribution in [3.8, 4) is 0 Å². The lowest BCUT2D eigenvalue weighted by Gasteiger charge is -2.10. The van der Waals surface area contributed by atoms with Gasteiger partial charge in [-0.2, -0.15) is 0 Å². The molecule has 1 aliphatic carbocycles. The third kappa shape index (κ3) is 1.92. The molecule has 0 aromatic carbocycles. The molecule has 1 atom stereocenters. The Morgan fingerprint density at radius 3 is 2.77 bits per heavy atom. The Kier molecular flexibility index (Phi) is 2.39. The molecule has 1 saturated carbocycles. The van der Waals surface area contributed by atoms with Crippen LogP contribution in [0, 0.1) is 12.8 Å². The minimum atomic E-state index is 0.145. The standard InChI is InChI=1S/C10H13BrN2/c1-6-8(11)4-5-9(13-6)10(12)7-2-3-7/h4-5,7,10H,2-3,12H2,1H3. The van der Waals surface area contributed by atoms with Gasteiger partial charge in [-0.25, -0.2) is 0 Å². The molecule has 1 aromatic rings. The molecule has 1 unspecified atom stereocenters. The molecule has 2 rings (SSSR count). The highest BCUT2D eigenvalue weighted by molar-refractivity contribution is 9.10. The number of hydrogen-bond acceptors (Lipinski definition) is 2. The van der Waals surface area contributed by atoms with Gasteiger partial charge in [0.1, 0.15) is 0 Å². The van der Waals surface area contributed by atoms with E-state index in [-0.39, 0.29) is 6.04 Å². The summed E-state index contributed by atoms with van der Waals surface area (Å²) in [6.07, 6.45) is 2.52. The molecule has 1 heterocycles. The average Bonchev–Trinajstić information content (AvgIpc) is 2.91. The molecular weight excluding hydrogens is 228 g/mol. The topological polar surface area (TPSA) is 38.9 Å². The molecule has 70 valence electrons. The largest absolute Gasteiger partial charge is 0.322 e. The van der Waals surface area contributed by atoms with E-state index < -0.39 is 0 Å². The Balaban J connectivity index is 2.24. The van der Waals surface area contributed by atoms with Crippen molar-refractivity contribution in [2.75, 3.05) is 0 Å². The van der Waals surface area contributed by atoms with Crippen molar-refractivity contribution >= 4 is 15.9 Å². The summed E-state index contributed by atoms with van der Waals surface area (Å²) in [4.78, 5) is 4.46. The number of rotatable bonds is 2. The number of nitrogens with two attached hydrogens (primary N) is 1. The zero-order valence-corrected chi connectivity index (χ0v) is 9.21. The lowest BCUT2D eigenvalue weighted by molar-refractivity contribution is 0.612. The summed E-state index contributed by atoms with van der Waals surface area (Å²) in [6.45, 7) is 1.99. The maximum absolute atomic E-state index is 6.04. The van der Waals surface area contributed by atoms with E-state index in [0.717, 1.165) is 15.9 Å². The Bertz CT molecular complexity index is 321.